The number of carbonyl (C=O) groups excluding carboxylic acids is 2. The second-order valence-corrected chi connectivity index (χ2v) is 7.43. The number of likely N-dealkylation sites (tertiary alicyclic amines) is 1. The minimum atomic E-state index is -0.544. The van der Waals surface area contributed by atoms with Gasteiger partial charge in [0, 0.05) is 25.9 Å². The van der Waals surface area contributed by atoms with Crippen LogP contribution in [0.3, 0.4) is 0 Å². The van der Waals surface area contributed by atoms with Crippen LogP contribution in [0.15, 0.2) is 28.9 Å². The molecule has 0 unspecified atom stereocenters. The van der Waals surface area contributed by atoms with E-state index < -0.39 is 5.60 Å². The zero-order valence-corrected chi connectivity index (χ0v) is 16.7. The number of fused-ring (bicyclic) bond motifs is 1. The van der Waals surface area contributed by atoms with E-state index in [1.165, 1.54) is 20.5 Å². The summed E-state index contributed by atoms with van der Waals surface area (Å²) in [6, 6.07) is 5.61. The second-order valence-electron chi connectivity index (χ2n) is 7.43. The molecule has 1 spiro atoms. The summed E-state index contributed by atoms with van der Waals surface area (Å²) in [7, 11) is 2.96. The third-order valence-corrected chi connectivity index (χ3v) is 5.57. The van der Waals surface area contributed by atoms with Crippen LogP contribution >= 0.6 is 0 Å². The van der Waals surface area contributed by atoms with Crippen molar-refractivity contribution in [3.8, 4) is 17.2 Å². The maximum absolute atomic E-state index is 12.9. The number of hydrogen-bond donors (Lipinski definition) is 1. The molecule has 1 aromatic heterocycles. The maximum Gasteiger partial charge on any atom is 0.293 e. The molecule has 0 aliphatic carbocycles. The lowest BCUT2D eigenvalue weighted by molar-refractivity contribution is 0.00657. The average molecular weight is 400 g/mol. The first-order valence-electron chi connectivity index (χ1n) is 9.53. The Labute approximate surface area is 168 Å². The largest absolute Gasteiger partial charge is 0.490 e. The van der Waals surface area contributed by atoms with E-state index in [1.807, 2.05) is 25.1 Å². The van der Waals surface area contributed by atoms with E-state index in [1.54, 1.807) is 4.90 Å². The minimum absolute atomic E-state index is 0.121. The van der Waals surface area contributed by atoms with E-state index in [4.69, 9.17) is 18.6 Å². The summed E-state index contributed by atoms with van der Waals surface area (Å²) < 4.78 is 22.1. The molecular formula is C21H24N2O6. The predicted molar refractivity (Wildman–Crippen MR) is 104 cm³/mol. The van der Waals surface area contributed by atoms with Gasteiger partial charge in [0.25, 0.3) is 11.8 Å². The fraction of sp³-hybridized carbons (Fsp3) is 0.429. The number of hydrogen-bond acceptors (Lipinski definition) is 6. The highest BCUT2D eigenvalue weighted by Crippen LogP contribution is 2.36. The Kier molecular flexibility index (Phi) is 4.86. The third-order valence-electron chi connectivity index (χ3n) is 5.57. The lowest BCUT2D eigenvalue weighted by Gasteiger charge is -2.40. The summed E-state index contributed by atoms with van der Waals surface area (Å²) in [4.78, 5) is 27.1. The van der Waals surface area contributed by atoms with Crippen molar-refractivity contribution in [3.05, 3.63) is 41.3 Å². The molecule has 0 atom stereocenters. The van der Waals surface area contributed by atoms with Crippen molar-refractivity contribution < 1.29 is 28.2 Å². The standard InChI is InChI=1S/C21H24N2O6/c1-13-4-5-15-14(10-13)19(24)22-12-21(29-15)6-8-23(9-7-21)20(25)18-17(27-3)16(26-2)11-28-18/h4-5,10-11H,6-9,12H2,1-3H3,(H,22,24). The van der Waals surface area contributed by atoms with Crippen molar-refractivity contribution >= 4 is 11.8 Å². The molecule has 2 aliphatic rings. The van der Waals surface area contributed by atoms with Gasteiger partial charge in [0.2, 0.25) is 11.5 Å². The minimum Gasteiger partial charge on any atom is -0.490 e. The summed E-state index contributed by atoms with van der Waals surface area (Å²) >= 11 is 0. The van der Waals surface area contributed by atoms with Crippen LogP contribution < -0.4 is 19.5 Å². The average Bonchev–Trinajstić information content (AvgIpc) is 3.11. The number of carbonyl (C=O) groups is 2. The first kappa shape index (κ1) is 19.2. The number of nitrogens with one attached hydrogen (secondary N) is 1. The van der Waals surface area contributed by atoms with Gasteiger partial charge in [0.1, 0.15) is 17.6 Å². The summed E-state index contributed by atoms with van der Waals surface area (Å²) in [5, 5.41) is 2.97. The van der Waals surface area contributed by atoms with Gasteiger partial charge in [0.05, 0.1) is 26.3 Å². The first-order chi connectivity index (χ1) is 14.0. The maximum atomic E-state index is 12.9. The van der Waals surface area contributed by atoms with Gasteiger partial charge in [-0.1, -0.05) is 11.6 Å². The summed E-state index contributed by atoms with van der Waals surface area (Å²) in [6.07, 6.45) is 2.54. The normalized spacial score (nSPS) is 17.8. The van der Waals surface area contributed by atoms with Crippen molar-refractivity contribution in [1.82, 2.24) is 10.2 Å². The molecule has 2 amide bonds. The van der Waals surface area contributed by atoms with Crippen LogP contribution in [0, 0.1) is 6.92 Å². The molecule has 0 radical (unpaired) electrons. The molecule has 8 heteroatoms. The molecular weight excluding hydrogens is 376 g/mol. The lowest BCUT2D eigenvalue weighted by atomic mass is 9.90. The van der Waals surface area contributed by atoms with Crippen LogP contribution in [-0.4, -0.2) is 56.2 Å². The number of piperidine rings is 1. The zero-order chi connectivity index (χ0) is 20.6. The fourth-order valence-corrected chi connectivity index (χ4v) is 3.87. The molecule has 8 nitrogen and oxygen atoms in total. The van der Waals surface area contributed by atoms with Gasteiger partial charge >= 0.3 is 0 Å². The van der Waals surface area contributed by atoms with E-state index in [-0.39, 0.29) is 17.6 Å². The Balaban J connectivity index is 1.50. The molecule has 1 aromatic carbocycles. The summed E-state index contributed by atoms with van der Waals surface area (Å²) in [5.41, 5.74) is 1.01. The van der Waals surface area contributed by atoms with Crippen molar-refractivity contribution in [2.24, 2.45) is 0 Å². The monoisotopic (exact) mass is 400 g/mol. The number of benzene rings is 1. The van der Waals surface area contributed by atoms with E-state index in [2.05, 4.69) is 5.32 Å². The Morgan fingerprint density at radius 3 is 2.66 bits per heavy atom. The lowest BCUT2D eigenvalue weighted by Crippen LogP contribution is -2.54. The Hall–Kier alpha value is -3.16. The number of rotatable bonds is 3. The second kappa shape index (κ2) is 7.35. The Morgan fingerprint density at radius 1 is 1.21 bits per heavy atom. The number of furan rings is 1. The molecule has 4 rings (SSSR count). The molecule has 154 valence electrons. The number of nitrogens with zero attached hydrogens (tertiary/aromatic N) is 1. The smallest absolute Gasteiger partial charge is 0.293 e. The molecule has 0 bridgehead atoms. The van der Waals surface area contributed by atoms with Gasteiger partial charge in [-0.05, 0) is 19.1 Å². The summed E-state index contributed by atoms with van der Waals surface area (Å²) in [6.45, 7) is 3.29. The quantitative estimate of drug-likeness (QED) is 0.851. The van der Waals surface area contributed by atoms with Crippen LogP contribution in [0.25, 0.3) is 0 Å². The van der Waals surface area contributed by atoms with Crippen LogP contribution in [0.4, 0.5) is 0 Å². The van der Waals surface area contributed by atoms with Gasteiger partial charge in [0.15, 0.2) is 5.75 Å². The number of aryl methyl sites for hydroxylation is 1. The first-order valence-corrected chi connectivity index (χ1v) is 9.53. The van der Waals surface area contributed by atoms with E-state index in [9.17, 15) is 9.59 Å². The molecule has 1 saturated heterocycles. The number of ether oxygens (including phenoxy) is 3. The van der Waals surface area contributed by atoms with Crippen LogP contribution in [0.5, 0.6) is 17.2 Å². The van der Waals surface area contributed by atoms with Crippen molar-refractivity contribution in [3.63, 3.8) is 0 Å². The summed E-state index contributed by atoms with van der Waals surface area (Å²) in [5.74, 6) is 0.991. The molecule has 29 heavy (non-hydrogen) atoms. The number of amides is 2. The topological polar surface area (TPSA) is 90.2 Å². The van der Waals surface area contributed by atoms with Gasteiger partial charge in [-0.2, -0.15) is 0 Å². The van der Waals surface area contributed by atoms with Crippen molar-refractivity contribution in [2.45, 2.75) is 25.4 Å². The molecule has 2 aliphatic heterocycles. The van der Waals surface area contributed by atoms with E-state index >= 15 is 0 Å². The highest BCUT2D eigenvalue weighted by Gasteiger charge is 2.42. The van der Waals surface area contributed by atoms with Crippen molar-refractivity contribution in [2.75, 3.05) is 33.9 Å². The SMILES string of the molecule is COc1coc(C(=O)N2CCC3(CC2)CNC(=O)c2cc(C)ccc2O3)c1OC. The van der Waals surface area contributed by atoms with Crippen LogP contribution in [0.2, 0.25) is 0 Å². The Bertz CT molecular complexity index is 943. The molecule has 3 heterocycles. The zero-order valence-electron chi connectivity index (χ0n) is 16.7. The van der Waals surface area contributed by atoms with E-state index in [0.29, 0.717) is 55.3 Å². The third kappa shape index (κ3) is 3.39. The van der Waals surface area contributed by atoms with Crippen molar-refractivity contribution in [1.29, 1.82) is 0 Å². The molecule has 2 aromatic rings. The van der Waals surface area contributed by atoms with Crippen LogP contribution in [-0.2, 0) is 0 Å². The predicted octanol–water partition coefficient (Wildman–Crippen LogP) is 2.40. The van der Waals surface area contributed by atoms with Gasteiger partial charge in [-0.15, -0.1) is 0 Å². The Morgan fingerprint density at radius 2 is 1.97 bits per heavy atom. The molecule has 0 saturated carbocycles. The highest BCUT2D eigenvalue weighted by molar-refractivity contribution is 5.97. The fourth-order valence-electron chi connectivity index (χ4n) is 3.87. The van der Waals surface area contributed by atoms with Crippen LogP contribution in [0.1, 0.15) is 39.3 Å². The van der Waals surface area contributed by atoms with Gasteiger partial charge in [-0.3, -0.25) is 9.59 Å². The van der Waals surface area contributed by atoms with E-state index in [0.717, 1.165) is 5.56 Å². The number of methoxy groups -OCH3 is 2. The van der Waals surface area contributed by atoms with Gasteiger partial charge in [-0.25, -0.2) is 0 Å². The van der Waals surface area contributed by atoms with Gasteiger partial charge < -0.3 is 28.8 Å². The highest BCUT2D eigenvalue weighted by atomic mass is 16.5. The molecule has 1 fully saturated rings. The molecule has 1 N–H and O–H groups in total.